The Morgan fingerprint density at radius 1 is 1.37 bits per heavy atom. The molecule has 3 nitrogen and oxygen atoms in total. The first-order valence-electron chi connectivity index (χ1n) is 7.39. The van der Waals surface area contributed by atoms with Crippen LogP contribution >= 0.6 is 0 Å². The van der Waals surface area contributed by atoms with Crippen molar-refractivity contribution in [2.75, 3.05) is 33.3 Å². The van der Waals surface area contributed by atoms with Gasteiger partial charge in [-0.2, -0.15) is 0 Å². The minimum atomic E-state index is 0.772. The van der Waals surface area contributed by atoms with Crippen LogP contribution in [0.4, 0.5) is 0 Å². The van der Waals surface area contributed by atoms with Gasteiger partial charge in [0.15, 0.2) is 0 Å². The average molecular weight is 262 g/mol. The predicted molar refractivity (Wildman–Crippen MR) is 79.5 cm³/mol. The van der Waals surface area contributed by atoms with Crippen molar-refractivity contribution in [2.24, 2.45) is 5.92 Å². The molecule has 1 aromatic carbocycles. The van der Waals surface area contributed by atoms with Crippen molar-refractivity contribution in [3.63, 3.8) is 0 Å². The fraction of sp³-hybridized carbons (Fsp3) is 0.625. The molecule has 0 unspecified atom stereocenters. The third kappa shape index (κ3) is 5.62. The molecule has 0 radical (unpaired) electrons. The summed E-state index contributed by atoms with van der Waals surface area (Å²) in [5.74, 6) is 1.93. The molecule has 1 aliphatic carbocycles. The van der Waals surface area contributed by atoms with Crippen LogP contribution in [0, 0.1) is 5.92 Å². The first-order valence-corrected chi connectivity index (χ1v) is 7.39. The second-order valence-corrected chi connectivity index (χ2v) is 5.48. The van der Waals surface area contributed by atoms with Crippen molar-refractivity contribution in [1.29, 1.82) is 0 Å². The van der Waals surface area contributed by atoms with Gasteiger partial charge in [0.1, 0.15) is 12.4 Å². The first kappa shape index (κ1) is 14.4. The quantitative estimate of drug-likeness (QED) is 0.740. The van der Waals surface area contributed by atoms with Gasteiger partial charge in [0.05, 0.1) is 0 Å². The molecule has 1 N–H and O–H groups in total. The Hall–Kier alpha value is -1.06. The fourth-order valence-electron chi connectivity index (χ4n) is 2.17. The van der Waals surface area contributed by atoms with Gasteiger partial charge in [0, 0.05) is 19.6 Å². The Balaban J connectivity index is 1.69. The Morgan fingerprint density at radius 2 is 2.21 bits per heavy atom. The van der Waals surface area contributed by atoms with Crippen LogP contribution in [0.2, 0.25) is 0 Å². The number of ether oxygens (including phenoxy) is 1. The van der Waals surface area contributed by atoms with E-state index in [-0.39, 0.29) is 0 Å². The molecule has 0 heterocycles. The zero-order valence-corrected chi connectivity index (χ0v) is 12.2. The molecule has 2 rings (SSSR count). The molecule has 0 saturated heterocycles. The van der Waals surface area contributed by atoms with Crippen molar-refractivity contribution >= 4 is 0 Å². The number of nitrogens with one attached hydrogen (secondary N) is 1. The van der Waals surface area contributed by atoms with E-state index in [1.807, 2.05) is 6.07 Å². The largest absolute Gasteiger partial charge is 0.492 e. The van der Waals surface area contributed by atoms with E-state index in [0.29, 0.717) is 0 Å². The normalized spacial score (nSPS) is 14.9. The van der Waals surface area contributed by atoms with Crippen molar-refractivity contribution in [3.8, 4) is 5.75 Å². The predicted octanol–water partition coefficient (Wildman–Crippen LogP) is 2.52. The summed E-state index contributed by atoms with van der Waals surface area (Å²) in [6.45, 7) is 7.04. The van der Waals surface area contributed by atoms with Gasteiger partial charge in [-0.15, -0.1) is 0 Å². The third-order valence-electron chi connectivity index (χ3n) is 3.49. The number of hydrogen-bond acceptors (Lipinski definition) is 3. The van der Waals surface area contributed by atoms with Crippen molar-refractivity contribution in [1.82, 2.24) is 10.2 Å². The molecule has 106 valence electrons. The number of nitrogens with zero attached hydrogens (tertiary/aromatic N) is 1. The highest BCUT2D eigenvalue weighted by Gasteiger charge is 2.22. The maximum absolute atomic E-state index is 5.83. The zero-order chi connectivity index (χ0) is 13.5. The van der Waals surface area contributed by atoms with Gasteiger partial charge in [0.2, 0.25) is 0 Å². The number of rotatable bonds is 9. The summed E-state index contributed by atoms with van der Waals surface area (Å²) < 4.78 is 5.83. The van der Waals surface area contributed by atoms with Crippen LogP contribution in [0.25, 0.3) is 0 Å². The summed E-state index contributed by atoms with van der Waals surface area (Å²) in [6, 6.07) is 8.37. The molecule has 0 atom stereocenters. The highest BCUT2D eigenvalue weighted by Crippen LogP contribution is 2.29. The van der Waals surface area contributed by atoms with Crippen molar-refractivity contribution in [2.45, 2.75) is 26.3 Å². The van der Waals surface area contributed by atoms with Crippen LogP contribution in [0.15, 0.2) is 24.3 Å². The third-order valence-corrected chi connectivity index (χ3v) is 3.49. The molecule has 3 heteroatoms. The standard InChI is InChI=1S/C16H26N2O/c1-3-17-12-15-5-4-6-16(11-15)19-10-9-18(2)13-14-7-8-14/h4-6,11,14,17H,3,7-10,12-13H2,1-2H3. The smallest absolute Gasteiger partial charge is 0.119 e. The Kier molecular flexibility index (Phi) is 5.67. The van der Waals surface area contributed by atoms with Crippen LogP contribution in [0.3, 0.4) is 0 Å². The highest BCUT2D eigenvalue weighted by molar-refractivity contribution is 5.28. The summed E-state index contributed by atoms with van der Waals surface area (Å²) in [7, 11) is 2.18. The first-order chi connectivity index (χ1) is 9.28. The van der Waals surface area contributed by atoms with Gasteiger partial charge >= 0.3 is 0 Å². The Labute approximate surface area is 116 Å². The molecular formula is C16H26N2O. The Morgan fingerprint density at radius 3 is 2.95 bits per heavy atom. The summed E-state index contributed by atoms with van der Waals surface area (Å²) in [4.78, 5) is 2.38. The molecule has 0 spiro atoms. The summed E-state index contributed by atoms with van der Waals surface area (Å²) in [6.07, 6.45) is 2.83. The van der Waals surface area contributed by atoms with E-state index in [4.69, 9.17) is 4.74 Å². The zero-order valence-electron chi connectivity index (χ0n) is 12.2. The van der Waals surface area contributed by atoms with E-state index >= 15 is 0 Å². The maximum Gasteiger partial charge on any atom is 0.119 e. The maximum atomic E-state index is 5.83. The van der Waals surface area contributed by atoms with Gasteiger partial charge in [-0.1, -0.05) is 19.1 Å². The molecule has 1 aromatic rings. The van der Waals surface area contributed by atoms with E-state index < -0.39 is 0 Å². The minimum Gasteiger partial charge on any atom is -0.492 e. The molecule has 1 aliphatic rings. The molecule has 0 bridgehead atoms. The van der Waals surface area contributed by atoms with Crippen LogP contribution in [0.5, 0.6) is 5.75 Å². The monoisotopic (exact) mass is 262 g/mol. The van der Waals surface area contributed by atoms with Crippen LogP contribution in [0.1, 0.15) is 25.3 Å². The number of benzene rings is 1. The van der Waals surface area contributed by atoms with Gasteiger partial charge in [-0.05, 0) is 50.0 Å². The van der Waals surface area contributed by atoms with Crippen LogP contribution in [-0.4, -0.2) is 38.2 Å². The molecule has 1 fully saturated rings. The molecule has 0 aliphatic heterocycles. The van der Waals surface area contributed by atoms with E-state index in [2.05, 4.69) is 42.4 Å². The number of hydrogen-bond donors (Lipinski definition) is 1. The van der Waals surface area contributed by atoms with E-state index in [9.17, 15) is 0 Å². The topological polar surface area (TPSA) is 24.5 Å². The average Bonchev–Trinajstić information content (AvgIpc) is 3.21. The Bertz CT molecular complexity index is 377. The number of likely N-dealkylation sites (N-methyl/N-ethyl adjacent to an activating group) is 1. The molecule has 1 saturated carbocycles. The SMILES string of the molecule is CCNCc1cccc(OCCN(C)CC2CC2)c1. The molecule has 0 amide bonds. The van der Waals surface area contributed by atoms with Gasteiger partial charge < -0.3 is 15.0 Å². The molecule has 0 aromatic heterocycles. The lowest BCUT2D eigenvalue weighted by Gasteiger charge is -2.16. The van der Waals surface area contributed by atoms with E-state index in [1.165, 1.54) is 24.9 Å². The lowest BCUT2D eigenvalue weighted by molar-refractivity contribution is 0.232. The molecular weight excluding hydrogens is 236 g/mol. The lowest BCUT2D eigenvalue weighted by atomic mass is 10.2. The van der Waals surface area contributed by atoms with E-state index in [1.54, 1.807) is 0 Å². The van der Waals surface area contributed by atoms with Crippen LogP contribution < -0.4 is 10.1 Å². The summed E-state index contributed by atoms with van der Waals surface area (Å²) in [5.41, 5.74) is 1.28. The van der Waals surface area contributed by atoms with Crippen LogP contribution in [-0.2, 0) is 6.54 Å². The fourth-order valence-corrected chi connectivity index (χ4v) is 2.17. The van der Waals surface area contributed by atoms with Gasteiger partial charge in [0.25, 0.3) is 0 Å². The molecule has 19 heavy (non-hydrogen) atoms. The lowest BCUT2D eigenvalue weighted by Crippen LogP contribution is -2.26. The highest BCUT2D eigenvalue weighted by atomic mass is 16.5. The summed E-state index contributed by atoms with van der Waals surface area (Å²) >= 11 is 0. The van der Waals surface area contributed by atoms with E-state index in [0.717, 1.165) is 37.9 Å². The second-order valence-electron chi connectivity index (χ2n) is 5.48. The van der Waals surface area contributed by atoms with Gasteiger partial charge in [-0.3, -0.25) is 0 Å². The minimum absolute atomic E-state index is 0.772. The van der Waals surface area contributed by atoms with Gasteiger partial charge in [-0.25, -0.2) is 0 Å². The second kappa shape index (κ2) is 7.51. The van der Waals surface area contributed by atoms with Crippen molar-refractivity contribution < 1.29 is 4.74 Å². The van der Waals surface area contributed by atoms with Crippen molar-refractivity contribution in [3.05, 3.63) is 29.8 Å². The summed E-state index contributed by atoms with van der Waals surface area (Å²) in [5, 5.41) is 3.33.